The van der Waals surface area contributed by atoms with Crippen LogP contribution < -0.4 is 10.1 Å². The van der Waals surface area contributed by atoms with Crippen LogP contribution in [0.25, 0.3) is 10.6 Å². The van der Waals surface area contributed by atoms with E-state index in [-0.39, 0.29) is 5.91 Å². The number of carbonyl (C=O) groups is 1. The number of aromatic nitrogens is 2. The molecule has 0 spiro atoms. The van der Waals surface area contributed by atoms with Crippen LogP contribution in [0.15, 0.2) is 48.5 Å². The molecule has 138 valence electrons. The molecule has 4 rings (SSSR count). The zero-order valence-corrected chi connectivity index (χ0v) is 16.0. The van der Waals surface area contributed by atoms with Gasteiger partial charge in [-0.05, 0) is 55.9 Å². The van der Waals surface area contributed by atoms with Crippen LogP contribution in [0, 0.1) is 0 Å². The monoisotopic (exact) mass is 379 g/mol. The highest BCUT2D eigenvalue weighted by Crippen LogP contribution is 2.27. The highest BCUT2D eigenvalue weighted by atomic mass is 32.1. The molecule has 0 saturated carbocycles. The molecule has 0 saturated heterocycles. The van der Waals surface area contributed by atoms with Gasteiger partial charge in [-0.3, -0.25) is 10.1 Å². The van der Waals surface area contributed by atoms with E-state index in [4.69, 9.17) is 4.74 Å². The van der Waals surface area contributed by atoms with Crippen LogP contribution in [0.5, 0.6) is 5.75 Å². The minimum atomic E-state index is -0.615. The quantitative estimate of drug-likeness (QED) is 0.709. The summed E-state index contributed by atoms with van der Waals surface area (Å²) in [7, 11) is 0. The first-order valence-electron chi connectivity index (χ1n) is 9.17. The summed E-state index contributed by atoms with van der Waals surface area (Å²) in [4.78, 5) is 12.5. The topological polar surface area (TPSA) is 64.1 Å². The van der Waals surface area contributed by atoms with E-state index < -0.39 is 6.10 Å². The third-order valence-electron chi connectivity index (χ3n) is 4.68. The van der Waals surface area contributed by atoms with Gasteiger partial charge in [0.25, 0.3) is 5.91 Å². The van der Waals surface area contributed by atoms with Crippen LogP contribution in [0.1, 0.15) is 30.9 Å². The summed E-state index contributed by atoms with van der Waals surface area (Å²) in [5.74, 6) is 0.504. The Kier molecular flexibility index (Phi) is 5.16. The molecule has 3 aromatic rings. The molecule has 1 N–H and O–H groups in total. The second kappa shape index (κ2) is 7.88. The van der Waals surface area contributed by atoms with E-state index in [0.717, 1.165) is 29.2 Å². The molecule has 1 atom stereocenters. The van der Waals surface area contributed by atoms with Crippen molar-refractivity contribution in [2.24, 2.45) is 0 Å². The molecule has 27 heavy (non-hydrogen) atoms. The van der Waals surface area contributed by atoms with Crippen LogP contribution >= 0.6 is 11.3 Å². The smallest absolute Gasteiger partial charge is 0.266 e. The van der Waals surface area contributed by atoms with Gasteiger partial charge in [0.15, 0.2) is 6.10 Å². The van der Waals surface area contributed by atoms with Gasteiger partial charge < -0.3 is 4.74 Å². The third kappa shape index (κ3) is 4.17. The van der Waals surface area contributed by atoms with Crippen LogP contribution in [-0.4, -0.2) is 22.2 Å². The van der Waals surface area contributed by atoms with Gasteiger partial charge >= 0.3 is 0 Å². The maximum Gasteiger partial charge on any atom is 0.266 e. The minimum Gasteiger partial charge on any atom is -0.481 e. The Morgan fingerprint density at radius 1 is 1.07 bits per heavy atom. The molecule has 6 heteroatoms. The summed E-state index contributed by atoms with van der Waals surface area (Å²) in [6, 6.07) is 15.9. The van der Waals surface area contributed by atoms with E-state index in [1.807, 2.05) is 36.4 Å². The Hall–Kier alpha value is -2.73. The van der Waals surface area contributed by atoms with Crippen molar-refractivity contribution < 1.29 is 9.53 Å². The number of hydrogen-bond donors (Lipinski definition) is 1. The first-order chi connectivity index (χ1) is 13.2. The predicted molar refractivity (Wildman–Crippen MR) is 107 cm³/mol. The second-order valence-electron chi connectivity index (χ2n) is 6.67. The van der Waals surface area contributed by atoms with Crippen molar-refractivity contribution in [3.8, 4) is 16.3 Å². The Bertz CT molecular complexity index is 940. The van der Waals surface area contributed by atoms with Crippen molar-refractivity contribution in [2.75, 3.05) is 5.32 Å². The summed E-state index contributed by atoms with van der Waals surface area (Å²) in [6.45, 7) is 1.74. The van der Waals surface area contributed by atoms with Crippen molar-refractivity contribution >= 4 is 22.4 Å². The highest BCUT2D eigenvalue weighted by Gasteiger charge is 2.18. The summed E-state index contributed by atoms with van der Waals surface area (Å²) in [5, 5.41) is 12.2. The summed E-state index contributed by atoms with van der Waals surface area (Å²) >= 11 is 1.35. The molecule has 1 aliphatic rings. The normalized spacial score (nSPS) is 14.3. The zero-order chi connectivity index (χ0) is 18.6. The maximum absolute atomic E-state index is 12.5. The molecule has 5 nitrogen and oxygen atoms in total. The van der Waals surface area contributed by atoms with Gasteiger partial charge in [0.05, 0.1) is 0 Å². The van der Waals surface area contributed by atoms with Crippen LogP contribution in [-0.2, 0) is 17.6 Å². The zero-order valence-electron chi connectivity index (χ0n) is 15.1. The van der Waals surface area contributed by atoms with Gasteiger partial charge in [-0.15, -0.1) is 10.2 Å². The van der Waals surface area contributed by atoms with Gasteiger partial charge in [-0.25, -0.2) is 0 Å². The molecule has 1 amide bonds. The number of benzene rings is 2. The van der Waals surface area contributed by atoms with E-state index in [2.05, 4.69) is 27.6 Å². The number of aryl methyl sites for hydroxylation is 2. The first kappa shape index (κ1) is 17.7. The number of amides is 1. The van der Waals surface area contributed by atoms with Crippen molar-refractivity contribution in [1.82, 2.24) is 10.2 Å². The molecule has 0 fully saturated rings. The Balaban J connectivity index is 1.39. The molecular formula is C21H21N3O2S. The number of rotatable bonds is 5. The number of anilines is 1. The van der Waals surface area contributed by atoms with E-state index in [1.165, 1.54) is 35.3 Å². The van der Waals surface area contributed by atoms with E-state index >= 15 is 0 Å². The number of nitrogens with zero attached hydrogens (tertiary/aromatic N) is 2. The number of carbonyl (C=O) groups excluding carboxylic acids is 1. The molecule has 0 bridgehead atoms. The van der Waals surface area contributed by atoms with Crippen LogP contribution in [0.3, 0.4) is 0 Å². The molecule has 1 heterocycles. The Morgan fingerprint density at radius 3 is 2.67 bits per heavy atom. The maximum atomic E-state index is 12.5. The van der Waals surface area contributed by atoms with E-state index in [1.54, 1.807) is 6.92 Å². The fraction of sp³-hybridized carbons (Fsp3) is 0.286. The number of hydrogen-bond acceptors (Lipinski definition) is 5. The molecule has 1 aliphatic carbocycles. The Labute approximate surface area is 162 Å². The lowest BCUT2D eigenvalue weighted by Gasteiger charge is -2.18. The van der Waals surface area contributed by atoms with Gasteiger partial charge in [0.1, 0.15) is 10.8 Å². The molecule has 0 radical (unpaired) electrons. The number of fused-ring (bicyclic) bond motifs is 1. The standard InChI is InChI=1S/C21H21N3O2S/c1-14(26-18-12-11-15-7-5-6-10-17(15)13-18)19(25)22-21-24-23-20(27-21)16-8-3-2-4-9-16/h2-4,8-9,11-14H,5-7,10H2,1H3,(H,22,24,25)/t14-/m1/s1. The van der Waals surface area contributed by atoms with Crippen LogP contribution in [0.4, 0.5) is 5.13 Å². The van der Waals surface area contributed by atoms with Crippen molar-refractivity contribution in [2.45, 2.75) is 38.7 Å². The third-order valence-corrected chi connectivity index (χ3v) is 5.57. The van der Waals surface area contributed by atoms with Gasteiger partial charge in [0, 0.05) is 5.56 Å². The lowest BCUT2D eigenvalue weighted by Crippen LogP contribution is -2.30. The van der Waals surface area contributed by atoms with E-state index in [0.29, 0.717) is 5.13 Å². The first-order valence-corrected chi connectivity index (χ1v) is 9.99. The fourth-order valence-electron chi connectivity index (χ4n) is 3.22. The molecule has 2 aromatic carbocycles. The van der Waals surface area contributed by atoms with Crippen molar-refractivity contribution in [1.29, 1.82) is 0 Å². The fourth-order valence-corrected chi connectivity index (χ4v) is 3.97. The Morgan fingerprint density at radius 2 is 1.85 bits per heavy atom. The van der Waals surface area contributed by atoms with Crippen molar-refractivity contribution in [3.63, 3.8) is 0 Å². The minimum absolute atomic E-state index is 0.233. The molecule has 0 unspecified atom stereocenters. The lowest BCUT2D eigenvalue weighted by atomic mass is 9.92. The van der Waals surface area contributed by atoms with E-state index in [9.17, 15) is 4.79 Å². The average molecular weight is 379 g/mol. The van der Waals surface area contributed by atoms with Gasteiger partial charge in [-0.1, -0.05) is 47.7 Å². The molecular weight excluding hydrogens is 358 g/mol. The summed E-state index contributed by atoms with van der Waals surface area (Å²) in [6.07, 6.45) is 4.06. The number of nitrogens with one attached hydrogen (secondary N) is 1. The second-order valence-corrected chi connectivity index (χ2v) is 7.64. The van der Waals surface area contributed by atoms with Gasteiger partial charge in [-0.2, -0.15) is 0 Å². The molecule has 1 aromatic heterocycles. The SMILES string of the molecule is C[C@@H](Oc1ccc2c(c1)CCCC2)C(=O)Nc1nnc(-c2ccccc2)s1. The predicted octanol–water partition coefficient (Wildman–Crippen LogP) is 4.49. The molecule has 0 aliphatic heterocycles. The average Bonchev–Trinajstić information content (AvgIpc) is 3.17. The van der Waals surface area contributed by atoms with Crippen LogP contribution in [0.2, 0.25) is 0 Å². The summed E-state index contributed by atoms with van der Waals surface area (Å²) in [5.41, 5.74) is 3.71. The highest BCUT2D eigenvalue weighted by molar-refractivity contribution is 7.18. The van der Waals surface area contributed by atoms with Gasteiger partial charge in [0.2, 0.25) is 5.13 Å². The lowest BCUT2D eigenvalue weighted by molar-refractivity contribution is -0.122. The summed E-state index contributed by atoms with van der Waals surface area (Å²) < 4.78 is 5.85. The largest absolute Gasteiger partial charge is 0.481 e. The van der Waals surface area contributed by atoms with Crippen molar-refractivity contribution in [3.05, 3.63) is 59.7 Å². The number of ether oxygens (including phenoxy) is 1.